The molecule has 2 heteroatoms. The second-order valence-corrected chi connectivity index (χ2v) is 9.93. The average molecular weight is 383 g/mol. The van der Waals surface area contributed by atoms with E-state index in [-0.39, 0.29) is 5.97 Å². The third kappa shape index (κ3) is 21.6. The lowest BCUT2D eigenvalue weighted by atomic mass is 9.89. The summed E-state index contributed by atoms with van der Waals surface area (Å²) in [7, 11) is 1.48. The molecule has 0 heterocycles. The Balaban J connectivity index is 3.16. The van der Waals surface area contributed by atoms with Gasteiger partial charge in [0.15, 0.2) is 0 Å². The highest BCUT2D eigenvalue weighted by atomic mass is 16.5. The maximum atomic E-state index is 11.2. The Bertz CT molecular complexity index is 330. The zero-order valence-corrected chi connectivity index (χ0v) is 19.4. The van der Waals surface area contributed by atoms with E-state index in [9.17, 15) is 4.79 Å². The number of hydrogen-bond donors (Lipinski definition) is 0. The Morgan fingerprint density at radius 1 is 0.704 bits per heavy atom. The first-order valence-corrected chi connectivity index (χ1v) is 11.9. The second-order valence-electron chi connectivity index (χ2n) is 9.93. The smallest absolute Gasteiger partial charge is 0.305 e. The summed E-state index contributed by atoms with van der Waals surface area (Å²) >= 11 is 0. The van der Waals surface area contributed by atoms with Crippen LogP contribution in [0.5, 0.6) is 0 Å². The van der Waals surface area contributed by atoms with Crippen molar-refractivity contribution in [3.63, 3.8) is 0 Å². The molecule has 0 amide bonds. The van der Waals surface area contributed by atoms with Crippen molar-refractivity contribution in [1.29, 1.82) is 0 Å². The van der Waals surface area contributed by atoms with Crippen LogP contribution >= 0.6 is 0 Å². The number of ether oxygens (including phenoxy) is 1. The van der Waals surface area contributed by atoms with E-state index < -0.39 is 0 Å². The maximum Gasteiger partial charge on any atom is 0.305 e. The molecule has 0 fully saturated rings. The summed E-state index contributed by atoms with van der Waals surface area (Å²) in [6.07, 6.45) is 22.7. The van der Waals surface area contributed by atoms with Gasteiger partial charge in [-0.2, -0.15) is 0 Å². The summed E-state index contributed by atoms with van der Waals surface area (Å²) < 4.78 is 4.72. The van der Waals surface area contributed by atoms with Crippen molar-refractivity contribution in [3.8, 4) is 0 Å². The van der Waals surface area contributed by atoms with Gasteiger partial charge in [0.2, 0.25) is 0 Å². The average Bonchev–Trinajstić information content (AvgIpc) is 2.60. The Hall–Kier alpha value is -0.530. The van der Waals surface area contributed by atoms with Gasteiger partial charge in [-0.1, -0.05) is 124 Å². The second kappa shape index (κ2) is 17.6. The highest BCUT2D eigenvalue weighted by molar-refractivity contribution is 5.69. The van der Waals surface area contributed by atoms with E-state index in [2.05, 4.69) is 27.7 Å². The van der Waals surface area contributed by atoms with Crippen molar-refractivity contribution in [2.24, 2.45) is 11.3 Å². The normalized spacial score (nSPS) is 12.9. The van der Waals surface area contributed by atoms with Crippen molar-refractivity contribution in [1.82, 2.24) is 0 Å². The van der Waals surface area contributed by atoms with E-state index in [4.69, 9.17) is 4.74 Å². The number of hydrogen-bond acceptors (Lipinski definition) is 2. The van der Waals surface area contributed by atoms with Gasteiger partial charge in [0, 0.05) is 6.42 Å². The van der Waals surface area contributed by atoms with Crippen LogP contribution in [0.1, 0.15) is 137 Å². The Morgan fingerprint density at radius 3 is 1.44 bits per heavy atom. The lowest BCUT2D eigenvalue weighted by molar-refractivity contribution is -0.141. The maximum absolute atomic E-state index is 11.2. The summed E-state index contributed by atoms with van der Waals surface area (Å²) in [6, 6.07) is 0. The molecule has 0 saturated carbocycles. The molecule has 1 atom stereocenters. The lowest BCUT2D eigenvalue weighted by Crippen LogP contribution is -2.06. The zero-order chi connectivity index (χ0) is 20.4. The van der Waals surface area contributed by atoms with Gasteiger partial charge in [0.05, 0.1) is 7.11 Å². The first kappa shape index (κ1) is 26.5. The summed E-state index contributed by atoms with van der Waals surface area (Å²) in [6.45, 7) is 9.20. The first-order chi connectivity index (χ1) is 12.8. The standard InChI is InChI=1S/C25H50O2/c1-23(22-24(26)27-5)20-18-16-14-12-10-8-6-7-9-11-13-15-17-19-21-25(2,3)4/h23H,6-22H2,1-5H3. The molecule has 0 N–H and O–H groups in total. The van der Waals surface area contributed by atoms with Gasteiger partial charge in [0.25, 0.3) is 0 Å². The fourth-order valence-corrected chi connectivity index (χ4v) is 3.74. The third-order valence-electron chi connectivity index (χ3n) is 5.62. The topological polar surface area (TPSA) is 26.3 Å². The fraction of sp³-hybridized carbons (Fsp3) is 0.960. The largest absolute Gasteiger partial charge is 0.469 e. The van der Waals surface area contributed by atoms with Crippen molar-refractivity contribution < 1.29 is 9.53 Å². The van der Waals surface area contributed by atoms with Crippen LogP contribution in [-0.4, -0.2) is 13.1 Å². The van der Waals surface area contributed by atoms with Gasteiger partial charge in [-0.3, -0.25) is 4.79 Å². The molecule has 0 saturated heterocycles. The van der Waals surface area contributed by atoms with E-state index >= 15 is 0 Å². The quantitative estimate of drug-likeness (QED) is 0.175. The van der Waals surface area contributed by atoms with Crippen LogP contribution < -0.4 is 0 Å². The number of unbranched alkanes of at least 4 members (excludes halogenated alkanes) is 13. The Kier molecular flexibility index (Phi) is 17.2. The molecule has 162 valence electrons. The van der Waals surface area contributed by atoms with Gasteiger partial charge >= 0.3 is 5.97 Å². The van der Waals surface area contributed by atoms with Crippen LogP contribution in [0.4, 0.5) is 0 Å². The molecule has 0 aliphatic rings. The van der Waals surface area contributed by atoms with Crippen molar-refractivity contribution >= 4 is 5.97 Å². The zero-order valence-electron chi connectivity index (χ0n) is 19.4. The minimum absolute atomic E-state index is 0.0666. The van der Waals surface area contributed by atoms with Crippen LogP contribution in [0.25, 0.3) is 0 Å². The summed E-state index contributed by atoms with van der Waals surface area (Å²) in [4.78, 5) is 11.2. The lowest BCUT2D eigenvalue weighted by Gasteiger charge is -2.17. The van der Waals surface area contributed by atoms with Crippen LogP contribution in [-0.2, 0) is 9.53 Å². The number of carbonyl (C=O) groups is 1. The fourth-order valence-electron chi connectivity index (χ4n) is 3.74. The van der Waals surface area contributed by atoms with Crippen LogP contribution in [0.2, 0.25) is 0 Å². The molecular weight excluding hydrogens is 332 g/mol. The molecule has 0 aliphatic carbocycles. The van der Waals surface area contributed by atoms with Gasteiger partial charge in [0.1, 0.15) is 0 Å². The summed E-state index contributed by atoms with van der Waals surface area (Å²) in [5, 5.41) is 0. The molecule has 1 unspecified atom stereocenters. The molecule has 0 spiro atoms. The SMILES string of the molecule is COC(=O)CC(C)CCCCCCCCCCCCCCCCC(C)(C)C. The molecule has 27 heavy (non-hydrogen) atoms. The Morgan fingerprint density at radius 2 is 1.07 bits per heavy atom. The van der Waals surface area contributed by atoms with E-state index in [1.165, 1.54) is 103 Å². The number of rotatable bonds is 18. The van der Waals surface area contributed by atoms with Crippen molar-refractivity contribution in [2.45, 2.75) is 137 Å². The number of esters is 1. The number of carbonyl (C=O) groups excluding carboxylic acids is 1. The monoisotopic (exact) mass is 382 g/mol. The van der Waals surface area contributed by atoms with E-state index in [0.29, 0.717) is 17.8 Å². The van der Waals surface area contributed by atoms with E-state index in [1.54, 1.807) is 0 Å². The highest BCUT2D eigenvalue weighted by Crippen LogP contribution is 2.22. The molecule has 0 aliphatic heterocycles. The predicted molar refractivity (Wildman–Crippen MR) is 119 cm³/mol. The highest BCUT2D eigenvalue weighted by Gasteiger charge is 2.09. The number of methoxy groups -OCH3 is 1. The minimum atomic E-state index is -0.0666. The van der Waals surface area contributed by atoms with Crippen LogP contribution in [0.15, 0.2) is 0 Å². The van der Waals surface area contributed by atoms with Crippen molar-refractivity contribution in [3.05, 3.63) is 0 Å². The molecule has 2 nitrogen and oxygen atoms in total. The van der Waals surface area contributed by atoms with Crippen LogP contribution in [0, 0.1) is 11.3 Å². The van der Waals surface area contributed by atoms with E-state index in [0.717, 1.165) is 6.42 Å². The predicted octanol–water partition coefficient (Wildman–Crippen LogP) is 8.47. The van der Waals surface area contributed by atoms with Gasteiger partial charge in [-0.15, -0.1) is 0 Å². The minimum Gasteiger partial charge on any atom is -0.469 e. The molecule has 0 rings (SSSR count). The molecule has 0 bridgehead atoms. The van der Waals surface area contributed by atoms with Crippen LogP contribution in [0.3, 0.4) is 0 Å². The molecule has 0 radical (unpaired) electrons. The van der Waals surface area contributed by atoms with E-state index in [1.807, 2.05) is 0 Å². The van der Waals surface area contributed by atoms with Gasteiger partial charge in [-0.25, -0.2) is 0 Å². The summed E-state index contributed by atoms with van der Waals surface area (Å²) in [5.41, 5.74) is 0.517. The van der Waals surface area contributed by atoms with Gasteiger partial charge in [-0.05, 0) is 17.8 Å². The molecular formula is C25H50O2. The Labute approximate surface area is 171 Å². The van der Waals surface area contributed by atoms with Crippen molar-refractivity contribution in [2.75, 3.05) is 7.11 Å². The first-order valence-electron chi connectivity index (χ1n) is 11.9. The third-order valence-corrected chi connectivity index (χ3v) is 5.62. The summed E-state index contributed by atoms with van der Waals surface area (Å²) in [5.74, 6) is 0.402. The molecule has 0 aromatic carbocycles. The van der Waals surface area contributed by atoms with Gasteiger partial charge < -0.3 is 4.74 Å². The molecule has 0 aromatic rings. The molecule has 0 aromatic heterocycles.